The van der Waals surface area contributed by atoms with Crippen molar-refractivity contribution in [2.75, 3.05) is 37.6 Å². The molecule has 2 aromatic carbocycles. The Labute approximate surface area is 233 Å². The highest BCUT2D eigenvalue weighted by Crippen LogP contribution is 2.27. The fourth-order valence-electron chi connectivity index (χ4n) is 5.72. The van der Waals surface area contributed by atoms with Gasteiger partial charge in [0, 0.05) is 55.3 Å². The van der Waals surface area contributed by atoms with Crippen LogP contribution in [-0.2, 0) is 16.1 Å². The first-order valence-corrected chi connectivity index (χ1v) is 13.7. The number of piperazine rings is 1. The largest absolute Gasteiger partial charge is 0.365 e. The maximum atomic E-state index is 14.0. The van der Waals surface area contributed by atoms with E-state index in [2.05, 4.69) is 58.7 Å². The topological polar surface area (TPSA) is 126 Å². The van der Waals surface area contributed by atoms with Gasteiger partial charge in [-0.25, -0.2) is 0 Å². The SMILES string of the molecule is Cc1cccc(N2CCN(C(=O)C3(NC(=O)Cn4ccc(-c5cccc([N+](=O)[O-])c5)n4)CCNCC3)CC2C)c1. The average Bonchev–Trinajstić information content (AvgIpc) is 3.41. The summed E-state index contributed by atoms with van der Waals surface area (Å²) in [4.78, 5) is 42.1. The molecule has 210 valence electrons. The molecular formula is C29H35N7O4. The smallest absolute Gasteiger partial charge is 0.270 e. The molecule has 40 heavy (non-hydrogen) atoms. The van der Waals surface area contributed by atoms with E-state index < -0.39 is 10.5 Å². The first-order valence-electron chi connectivity index (χ1n) is 13.7. The summed E-state index contributed by atoms with van der Waals surface area (Å²) in [6.45, 7) is 7.34. The van der Waals surface area contributed by atoms with Gasteiger partial charge in [-0.3, -0.25) is 24.4 Å². The first kappa shape index (κ1) is 27.3. The Bertz CT molecular complexity index is 1400. The van der Waals surface area contributed by atoms with Gasteiger partial charge in [-0.1, -0.05) is 24.3 Å². The van der Waals surface area contributed by atoms with Crippen LogP contribution in [0.3, 0.4) is 0 Å². The molecule has 0 saturated carbocycles. The lowest BCUT2D eigenvalue weighted by Gasteiger charge is -2.46. The third-order valence-corrected chi connectivity index (χ3v) is 7.79. The third kappa shape index (κ3) is 5.84. The zero-order chi connectivity index (χ0) is 28.3. The number of nitrogens with zero attached hydrogens (tertiary/aromatic N) is 5. The number of aryl methyl sites for hydroxylation is 1. The molecule has 0 aliphatic carbocycles. The summed E-state index contributed by atoms with van der Waals surface area (Å²) in [5, 5.41) is 22.0. The molecule has 0 spiro atoms. The van der Waals surface area contributed by atoms with E-state index in [0.29, 0.717) is 50.3 Å². The monoisotopic (exact) mass is 545 g/mol. The highest BCUT2D eigenvalue weighted by Gasteiger charge is 2.44. The standard InChI is InChI=1S/C29H35N7O4/c1-21-5-3-7-24(17-21)35-16-15-33(19-22(35)2)28(38)29(10-12-30-13-11-29)31-27(37)20-34-14-9-26(32-34)23-6-4-8-25(18-23)36(39)40/h3-9,14,17-18,22,30H,10-13,15-16,19-20H2,1-2H3,(H,31,37). The second-order valence-corrected chi connectivity index (χ2v) is 10.7. The highest BCUT2D eigenvalue weighted by atomic mass is 16.6. The minimum Gasteiger partial charge on any atom is -0.365 e. The zero-order valence-electron chi connectivity index (χ0n) is 22.9. The summed E-state index contributed by atoms with van der Waals surface area (Å²) in [6, 6.07) is 16.5. The van der Waals surface area contributed by atoms with Crippen molar-refractivity contribution in [1.29, 1.82) is 0 Å². The Morgan fingerprint density at radius 2 is 1.90 bits per heavy atom. The van der Waals surface area contributed by atoms with Gasteiger partial charge in [-0.2, -0.15) is 5.10 Å². The number of non-ortho nitro benzene ring substituents is 1. The van der Waals surface area contributed by atoms with Crippen molar-refractivity contribution >= 4 is 23.2 Å². The molecule has 5 rings (SSSR count). The van der Waals surface area contributed by atoms with Gasteiger partial charge in [-0.15, -0.1) is 0 Å². The molecule has 2 amide bonds. The van der Waals surface area contributed by atoms with Crippen molar-refractivity contribution in [3.8, 4) is 11.3 Å². The number of hydrogen-bond donors (Lipinski definition) is 2. The van der Waals surface area contributed by atoms with E-state index in [9.17, 15) is 19.7 Å². The molecule has 1 aromatic heterocycles. The molecule has 0 radical (unpaired) electrons. The Morgan fingerprint density at radius 1 is 1.12 bits per heavy atom. The number of rotatable bonds is 7. The molecule has 2 fully saturated rings. The van der Waals surface area contributed by atoms with E-state index in [4.69, 9.17) is 0 Å². The molecule has 2 saturated heterocycles. The number of benzene rings is 2. The Balaban J connectivity index is 1.26. The minimum absolute atomic E-state index is 0.0230. The van der Waals surface area contributed by atoms with Crippen LogP contribution in [0.25, 0.3) is 11.3 Å². The van der Waals surface area contributed by atoms with Gasteiger partial charge >= 0.3 is 0 Å². The van der Waals surface area contributed by atoms with Crippen LogP contribution in [0.15, 0.2) is 60.8 Å². The molecule has 2 N–H and O–H groups in total. The zero-order valence-corrected chi connectivity index (χ0v) is 22.9. The van der Waals surface area contributed by atoms with E-state index in [-0.39, 0.29) is 30.1 Å². The summed E-state index contributed by atoms with van der Waals surface area (Å²) in [5.74, 6) is -0.328. The molecule has 2 aliphatic heterocycles. The van der Waals surface area contributed by atoms with Gasteiger partial charge in [0.25, 0.3) is 5.69 Å². The Morgan fingerprint density at radius 3 is 2.62 bits per heavy atom. The van der Waals surface area contributed by atoms with E-state index in [1.807, 2.05) is 4.90 Å². The van der Waals surface area contributed by atoms with Crippen molar-refractivity contribution in [2.45, 2.75) is 44.8 Å². The predicted octanol–water partition coefficient (Wildman–Crippen LogP) is 2.74. The third-order valence-electron chi connectivity index (χ3n) is 7.79. The normalized spacial score (nSPS) is 18.8. The lowest BCUT2D eigenvalue weighted by Crippen LogP contribution is -2.66. The van der Waals surface area contributed by atoms with Gasteiger partial charge in [-0.05, 0) is 63.5 Å². The van der Waals surface area contributed by atoms with Crippen LogP contribution < -0.4 is 15.5 Å². The number of nitro groups is 1. The second-order valence-electron chi connectivity index (χ2n) is 10.7. The maximum absolute atomic E-state index is 14.0. The summed E-state index contributed by atoms with van der Waals surface area (Å²) >= 11 is 0. The maximum Gasteiger partial charge on any atom is 0.270 e. The fraction of sp³-hybridized carbons (Fsp3) is 0.414. The van der Waals surface area contributed by atoms with Gasteiger partial charge < -0.3 is 20.4 Å². The molecule has 0 bridgehead atoms. The van der Waals surface area contributed by atoms with E-state index in [1.54, 1.807) is 24.4 Å². The van der Waals surface area contributed by atoms with Crippen LogP contribution in [0.2, 0.25) is 0 Å². The van der Waals surface area contributed by atoms with Gasteiger partial charge in [0.05, 0.1) is 10.6 Å². The molecule has 2 aliphatic rings. The van der Waals surface area contributed by atoms with E-state index >= 15 is 0 Å². The number of nitro benzene ring substituents is 1. The van der Waals surface area contributed by atoms with E-state index in [1.165, 1.54) is 22.4 Å². The second kappa shape index (κ2) is 11.5. The van der Waals surface area contributed by atoms with Crippen LogP contribution >= 0.6 is 0 Å². The van der Waals surface area contributed by atoms with Crippen molar-refractivity contribution in [3.05, 3.63) is 76.5 Å². The number of carbonyl (C=O) groups is 2. The van der Waals surface area contributed by atoms with Crippen LogP contribution in [0.5, 0.6) is 0 Å². The molecule has 1 atom stereocenters. The lowest BCUT2D eigenvalue weighted by atomic mass is 9.86. The van der Waals surface area contributed by atoms with Crippen molar-refractivity contribution in [3.63, 3.8) is 0 Å². The molecule has 1 unspecified atom stereocenters. The number of piperidine rings is 1. The summed E-state index contributed by atoms with van der Waals surface area (Å²) in [7, 11) is 0. The number of aromatic nitrogens is 2. The van der Waals surface area contributed by atoms with Gasteiger partial charge in [0.2, 0.25) is 11.8 Å². The minimum atomic E-state index is -0.969. The lowest BCUT2D eigenvalue weighted by molar-refractivity contribution is -0.384. The molecule has 11 heteroatoms. The van der Waals surface area contributed by atoms with Gasteiger partial charge in [0.15, 0.2) is 0 Å². The van der Waals surface area contributed by atoms with Crippen LogP contribution in [0.4, 0.5) is 11.4 Å². The Hall–Kier alpha value is -4.25. The van der Waals surface area contributed by atoms with Crippen LogP contribution in [0.1, 0.15) is 25.3 Å². The van der Waals surface area contributed by atoms with E-state index in [0.717, 1.165) is 12.2 Å². The number of hydrogen-bond acceptors (Lipinski definition) is 7. The molecular weight excluding hydrogens is 510 g/mol. The highest BCUT2D eigenvalue weighted by molar-refractivity contribution is 5.92. The predicted molar refractivity (Wildman–Crippen MR) is 152 cm³/mol. The fourth-order valence-corrected chi connectivity index (χ4v) is 5.72. The van der Waals surface area contributed by atoms with Crippen LogP contribution in [-0.4, -0.2) is 75.7 Å². The quantitative estimate of drug-likeness (QED) is 0.345. The number of nitrogens with one attached hydrogen (secondary N) is 2. The summed E-state index contributed by atoms with van der Waals surface area (Å²) in [6.07, 6.45) is 2.70. The number of carbonyl (C=O) groups excluding carboxylic acids is 2. The van der Waals surface area contributed by atoms with Crippen molar-refractivity contribution < 1.29 is 14.5 Å². The number of amides is 2. The average molecular weight is 546 g/mol. The summed E-state index contributed by atoms with van der Waals surface area (Å²) in [5.41, 5.74) is 2.50. The van der Waals surface area contributed by atoms with Crippen molar-refractivity contribution in [1.82, 2.24) is 25.3 Å². The van der Waals surface area contributed by atoms with Crippen molar-refractivity contribution in [2.24, 2.45) is 0 Å². The molecule has 3 aromatic rings. The summed E-state index contributed by atoms with van der Waals surface area (Å²) < 4.78 is 1.49. The first-order chi connectivity index (χ1) is 19.2. The Kier molecular flexibility index (Phi) is 7.83. The van der Waals surface area contributed by atoms with Gasteiger partial charge in [0.1, 0.15) is 12.1 Å². The number of anilines is 1. The van der Waals surface area contributed by atoms with Crippen LogP contribution in [0, 0.1) is 17.0 Å². The molecule has 11 nitrogen and oxygen atoms in total. The molecule has 3 heterocycles.